The summed E-state index contributed by atoms with van der Waals surface area (Å²) in [6.07, 6.45) is 3.74. The monoisotopic (exact) mass is 392 g/mol. The highest BCUT2D eigenvalue weighted by atomic mass is 35.5. The average molecular weight is 393 g/mol. The molecule has 0 bridgehead atoms. The van der Waals surface area contributed by atoms with Crippen LogP contribution in [0.1, 0.15) is 37.2 Å². The van der Waals surface area contributed by atoms with Gasteiger partial charge in [0.15, 0.2) is 11.4 Å². The molecule has 1 aromatic heterocycles. The average Bonchev–Trinajstić information content (AvgIpc) is 3.11. The van der Waals surface area contributed by atoms with E-state index in [9.17, 15) is 4.79 Å². The summed E-state index contributed by atoms with van der Waals surface area (Å²) in [6, 6.07) is 10.3. The third-order valence-electron chi connectivity index (χ3n) is 4.67. The zero-order chi connectivity index (χ0) is 18.5. The molecule has 2 heterocycles. The number of aromatic nitrogens is 2. The number of benzene rings is 1. The molecule has 1 N–H and O–H groups in total. The number of ether oxygens (including phenoxy) is 1. The van der Waals surface area contributed by atoms with E-state index in [0.29, 0.717) is 30.0 Å². The number of carbonyl (C=O) groups is 1. The van der Waals surface area contributed by atoms with Crippen molar-refractivity contribution in [1.82, 2.24) is 20.0 Å². The standard InChI is InChI=1S/C20H28N4O2.ClH/c1-15(2)14-26-18-13-24(17-7-5-4-6-8-17)22-19(18)20(25)23-11-9-16(21-3)10-12-23;/h4-8,13,15-16,21H,9-12,14H2,1-3H3;1H. The summed E-state index contributed by atoms with van der Waals surface area (Å²) in [6.45, 7) is 6.22. The molecule has 0 aliphatic carbocycles. The summed E-state index contributed by atoms with van der Waals surface area (Å²) in [5.41, 5.74) is 1.31. The van der Waals surface area contributed by atoms with Crippen molar-refractivity contribution in [2.24, 2.45) is 5.92 Å². The lowest BCUT2D eigenvalue weighted by atomic mass is 10.1. The number of piperidine rings is 1. The van der Waals surface area contributed by atoms with Crippen molar-refractivity contribution in [2.45, 2.75) is 32.7 Å². The molecule has 1 aliphatic heterocycles. The first-order valence-corrected chi connectivity index (χ1v) is 9.33. The SMILES string of the molecule is CNC1CCN(C(=O)c2nn(-c3ccccc3)cc2OCC(C)C)CC1.Cl. The van der Waals surface area contributed by atoms with E-state index in [2.05, 4.69) is 24.3 Å². The highest BCUT2D eigenvalue weighted by Gasteiger charge is 2.27. The number of hydrogen-bond acceptors (Lipinski definition) is 4. The van der Waals surface area contributed by atoms with Crippen LogP contribution in [-0.4, -0.2) is 53.4 Å². The summed E-state index contributed by atoms with van der Waals surface area (Å²) in [5, 5.41) is 7.85. The Balaban J connectivity index is 0.00000261. The van der Waals surface area contributed by atoms with Crippen LogP contribution in [0.5, 0.6) is 5.75 Å². The fourth-order valence-electron chi connectivity index (χ4n) is 3.10. The van der Waals surface area contributed by atoms with Gasteiger partial charge in [0.25, 0.3) is 5.91 Å². The van der Waals surface area contributed by atoms with Crippen molar-refractivity contribution < 1.29 is 9.53 Å². The van der Waals surface area contributed by atoms with E-state index < -0.39 is 0 Å². The summed E-state index contributed by atoms with van der Waals surface area (Å²) in [4.78, 5) is 14.9. The van der Waals surface area contributed by atoms with Crippen LogP contribution in [0.3, 0.4) is 0 Å². The molecule has 6 nitrogen and oxygen atoms in total. The van der Waals surface area contributed by atoms with E-state index in [1.54, 1.807) is 4.68 Å². The Kier molecular flexibility index (Phi) is 7.68. The lowest BCUT2D eigenvalue weighted by Crippen LogP contribution is -2.44. The lowest BCUT2D eigenvalue weighted by Gasteiger charge is -2.31. The minimum Gasteiger partial charge on any atom is -0.489 e. The molecule has 7 heteroatoms. The van der Waals surface area contributed by atoms with Gasteiger partial charge in [-0.2, -0.15) is 5.10 Å². The smallest absolute Gasteiger partial charge is 0.278 e. The zero-order valence-corrected chi connectivity index (χ0v) is 17.0. The molecule has 27 heavy (non-hydrogen) atoms. The molecule has 1 aliphatic rings. The fourth-order valence-corrected chi connectivity index (χ4v) is 3.10. The van der Waals surface area contributed by atoms with Crippen molar-refractivity contribution in [3.63, 3.8) is 0 Å². The van der Waals surface area contributed by atoms with Crippen LogP contribution < -0.4 is 10.1 Å². The Morgan fingerprint density at radius 3 is 2.52 bits per heavy atom. The van der Waals surface area contributed by atoms with Crippen molar-refractivity contribution in [3.05, 3.63) is 42.2 Å². The molecule has 1 saturated heterocycles. The molecule has 1 amide bonds. The number of amides is 1. The van der Waals surface area contributed by atoms with Gasteiger partial charge in [0.2, 0.25) is 0 Å². The first-order chi connectivity index (χ1) is 12.6. The lowest BCUT2D eigenvalue weighted by molar-refractivity contribution is 0.0696. The van der Waals surface area contributed by atoms with Crippen LogP contribution in [0.4, 0.5) is 0 Å². The maximum atomic E-state index is 13.1. The molecule has 0 unspecified atom stereocenters. The fraction of sp³-hybridized carbons (Fsp3) is 0.500. The predicted molar refractivity (Wildman–Crippen MR) is 109 cm³/mol. The van der Waals surface area contributed by atoms with Gasteiger partial charge in [-0.25, -0.2) is 4.68 Å². The summed E-state index contributed by atoms with van der Waals surface area (Å²) < 4.78 is 7.64. The van der Waals surface area contributed by atoms with Crippen LogP contribution in [0.2, 0.25) is 0 Å². The van der Waals surface area contributed by atoms with E-state index >= 15 is 0 Å². The van der Waals surface area contributed by atoms with Crippen LogP contribution in [-0.2, 0) is 0 Å². The van der Waals surface area contributed by atoms with Crippen LogP contribution in [0.15, 0.2) is 36.5 Å². The minimum absolute atomic E-state index is 0. The van der Waals surface area contributed by atoms with Gasteiger partial charge in [-0.15, -0.1) is 12.4 Å². The van der Waals surface area contributed by atoms with Gasteiger partial charge in [-0.3, -0.25) is 4.79 Å². The molecule has 148 valence electrons. The predicted octanol–water partition coefficient (Wildman–Crippen LogP) is 3.15. The molecule has 1 fully saturated rings. The third kappa shape index (κ3) is 5.23. The second kappa shape index (κ2) is 9.76. The molecule has 3 rings (SSSR count). The Morgan fingerprint density at radius 1 is 1.26 bits per heavy atom. The maximum Gasteiger partial charge on any atom is 0.278 e. The van der Waals surface area contributed by atoms with Gasteiger partial charge in [0.05, 0.1) is 18.5 Å². The molecular weight excluding hydrogens is 364 g/mol. The second-order valence-electron chi connectivity index (χ2n) is 7.18. The normalized spacial score (nSPS) is 14.9. The van der Waals surface area contributed by atoms with Crippen LogP contribution in [0.25, 0.3) is 5.69 Å². The third-order valence-corrected chi connectivity index (χ3v) is 4.67. The number of carbonyl (C=O) groups excluding carboxylic acids is 1. The number of para-hydroxylation sites is 1. The van der Waals surface area contributed by atoms with E-state index in [0.717, 1.165) is 31.6 Å². The largest absolute Gasteiger partial charge is 0.489 e. The molecule has 1 aromatic carbocycles. The van der Waals surface area contributed by atoms with Gasteiger partial charge in [-0.1, -0.05) is 32.0 Å². The molecule has 2 aromatic rings. The number of nitrogens with zero attached hydrogens (tertiary/aromatic N) is 3. The number of halogens is 1. The topological polar surface area (TPSA) is 59.4 Å². The number of nitrogens with one attached hydrogen (secondary N) is 1. The molecule has 0 atom stereocenters. The molecular formula is C20H29ClN4O2. The number of hydrogen-bond donors (Lipinski definition) is 1. The van der Waals surface area contributed by atoms with Gasteiger partial charge in [-0.05, 0) is 37.9 Å². The Morgan fingerprint density at radius 2 is 1.93 bits per heavy atom. The highest BCUT2D eigenvalue weighted by molar-refractivity contribution is 5.95. The maximum absolute atomic E-state index is 13.1. The van der Waals surface area contributed by atoms with Gasteiger partial charge >= 0.3 is 0 Å². The number of likely N-dealkylation sites (tertiary alicyclic amines) is 1. The van der Waals surface area contributed by atoms with E-state index in [1.165, 1.54) is 0 Å². The first kappa shape index (κ1) is 21.3. The van der Waals surface area contributed by atoms with E-state index in [4.69, 9.17) is 4.74 Å². The summed E-state index contributed by atoms with van der Waals surface area (Å²) >= 11 is 0. The van der Waals surface area contributed by atoms with Gasteiger partial charge < -0.3 is 15.0 Å². The molecule has 0 spiro atoms. The Bertz CT molecular complexity index is 725. The second-order valence-corrected chi connectivity index (χ2v) is 7.18. The van der Waals surface area contributed by atoms with Crippen LogP contribution >= 0.6 is 12.4 Å². The minimum atomic E-state index is -0.0482. The van der Waals surface area contributed by atoms with Crippen molar-refractivity contribution in [1.29, 1.82) is 0 Å². The Labute approximate surface area is 167 Å². The summed E-state index contributed by atoms with van der Waals surface area (Å²) in [7, 11) is 1.97. The summed E-state index contributed by atoms with van der Waals surface area (Å²) in [5.74, 6) is 0.890. The van der Waals surface area contributed by atoms with Crippen molar-refractivity contribution in [3.8, 4) is 11.4 Å². The van der Waals surface area contributed by atoms with E-state index in [1.807, 2.05) is 48.5 Å². The zero-order valence-electron chi connectivity index (χ0n) is 16.2. The molecule has 0 saturated carbocycles. The van der Waals surface area contributed by atoms with Crippen LogP contribution in [0, 0.1) is 5.92 Å². The molecule has 0 radical (unpaired) electrons. The number of rotatable bonds is 6. The van der Waals surface area contributed by atoms with E-state index in [-0.39, 0.29) is 18.3 Å². The first-order valence-electron chi connectivity index (χ1n) is 9.33. The van der Waals surface area contributed by atoms with Gasteiger partial charge in [0.1, 0.15) is 0 Å². The van der Waals surface area contributed by atoms with Crippen molar-refractivity contribution >= 4 is 18.3 Å². The van der Waals surface area contributed by atoms with Crippen molar-refractivity contribution in [2.75, 3.05) is 26.7 Å². The highest BCUT2D eigenvalue weighted by Crippen LogP contribution is 2.23. The Hall–Kier alpha value is -2.05. The quantitative estimate of drug-likeness (QED) is 0.820. The van der Waals surface area contributed by atoms with Gasteiger partial charge in [0, 0.05) is 19.1 Å².